The van der Waals surface area contributed by atoms with Crippen molar-refractivity contribution in [1.29, 1.82) is 0 Å². The van der Waals surface area contributed by atoms with Crippen LogP contribution in [0, 0.1) is 13.8 Å². The van der Waals surface area contributed by atoms with Crippen LogP contribution in [0.15, 0.2) is 17.1 Å². The van der Waals surface area contributed by atoms with E-state index in [0.29, 0.717) is 6.04 Å². The van der Waals surface area contributed by atoms with E-state index in [0.717, 1.165) is 42.5 Å². The smallest absolute Gasteiger partial charge is 0.191 e. The molecule has 2 rings (SSSR count). The van der Waals surface area contributed by atoms with Gasteiger partial charge in [-0.1, -0.05) is 12.2 Å². The number of hydrogen-bond donors (Lipinski definition) is 2. The Hall–Kier alpha value is -0.630. The number of aliphatic imine (C=N–C) groups is 1. The number of guanidine groups is 1. The molecule has 1 heterocycles. The van der Waals surface area contributed by atoms with Crippen LogP contribution >= 0.6 is 35.3 Å². The van der Waals surface area contributed by atoms with Gasteiger partial charge in [-0.25, -0.2) is 4.98 Å². The van der Waals surface area contributed by atoms with E-state index in [9.17, 15) is 0 Å². The summed E-state index contributed by atoms with van der Waals surface area (Å²) < 4.78 is 0. The number of thiazole rings is 1. The van der Waals surface area contributed by atoms with Crippen LogP contribution in [-0.2, 0) is 6.42 Å². The molecular formula is C14H23IN4S. The molecule has 0 saturated carbocycles. The highest BCUT2D eigenvalue weighted by molar-refractivity contribution is 14.0. The molecule has 1 aromatic heterocycles. The van der Waals surface area contributed by atoms with E-state index >= 15 is 0 Å². The maximum Gasteiger partial charge on any atom is 0.191 e. The van der Waals surface area contributed by atoms with E-state index in [1.54, 1.807) is 11.3 Å². The quantitative estimate of drug-likeness (QED) is 0.350. The predicted octanol–water partition coefficient (Wildman–Crippen LogP) is 2.80. The van der Waals surface area contributed by atoms with Crippen molar-refractivity contribution in [2.75, 3.05) is 13.6 Å². The lowest BCUT2D eigenvalue weighted by molar-refractivity contribution is 0.633. The lowest BCUT2D eigenvalue weighted by Crippen LogP contribution is -2.43. The number of aryl methyl sites for hydroxylation is 2. The minimum absolute atomic E-state index is 0. The number of nitrogens with one attached hydrogen (secondary N) is 2. The number of halogens is 1. The average Bonchev–Trinajstić information content (AvgIpc) is 2.98. The topological polar surface area (TPSA) is 49.3 Å². The second-order valence-corrected chi connectivity index (χ2v) is 6.06. The van der Waals surface area contributed by atoms with E-state index < -0.39 is 0 Å². The lowest BCUT2D eigenvalue weighted by atomic mass is 10.2. The maximum absolute atomic E-state index is 4.45. The highest BCUT2D eigenvalue weighted by Crippen LogP contribution is 2.17. The fourth-order valence-corrected chi connectivity index (χ4v) is 3.16. The molecule has 112 valence electrons. The second kappa shape index (κ2) is 8.61. The fraction of sp³-hybridized carbons (Fsp3) is 0.571. The van der Waals surface area contributed by atoms with Crippen LogP contribution in [-0.4, -0.2) is 30.6 Å². The third-order valence-electron chi connectivity index (χ3n) is 3.22. The average molecular weight is 406 g/mol. The molecule has 4 nitrogen and oxygen atoms in total. The van der Waals surface area contributed by atoms with Crippen LogP contribution in [0.3, 0.4) is 0 Å². The van der Waals surface area contributed by atoms with E-state index in [2.05, 4.69) is 46.6 Å². The molecular weight excluding hydrogens is 383 g/mol. The van der Waals surface area contributed by atoms with Gasteiger partial charge in [0.15, 0.2) is 5.96 Å². The first-order valence-corrected chi connectivity index (χ1v) is 7.55. The van der Waals surface area contributed by atoms with Crippen LogP contribution in [0.2, 0.25) is 0 Å². The molecule has 0 radical (unpaired) electrons. The summed E-state index contributed by atoms with van der Waals surface area (Å²) in [5.74, 6) is 0.896. The largest absolute Gasteiger partial charge is 0.356 e. The van der Waals surface area contributed by atoms with Crippen LogP contribution in [0.5, 0.6) is 0 Å². The van der Waals surface area contributed by atoms with Gasteiger partial charge in [0, 0.05) is 30.9 Å². The second-order valence-electron chi connectivity index (χ2n) is 4.77. The van der Waals surface area contributed by atoms with Crippen molar-refractivity contribution >= 4 is 41.3 Å². The molecule has 0 aliphatic heterocycles. The summed E-state index contributed by atoms with van der Waals surface area (Å²) in [4.78, 5) is 10.1. The monoisotopic (exact) mass is 406 g/mol. The van der Waals surface area contributed by atoms with E-state index in [1.165, 1.54) is 4.88 Å². The molecule has 0 aromatic carbocycles. The molecule has 6 heteroatoms. The van der Waals surface area contributed by atoms with Gasteiger partial charge in [0.1, 0.15) is 0 Å². The molecule has 1 aliphatic carbocycles. The van der Waals surface area contributed by atoms with Gasteiger partial charge in [-0.15, -0.1) is 35.3 Å². The Bertz CT molecular complexity index is 474. The van der Waals surface area contributed by atoms with Crippen LogP contribution < -0.4 is 10.6 Å². The van der Waals surface area contributed by atoms with Crippen molar-refractivity contribution in [2.45, 2.75) is 39.2 Å². The van der Waals surface area contributed by atoms with E-state index in [-0.39, 0.29) is 24.0 Å². The Morgan fingerprint density at radius 1 is 1.40 bits per heavy atom. The first-order valence-electron chi connectivity index (χ1n) is 6.74. The minimum Gasteiger partial charge on any atom is -0.356 e. The summed E-state index contributed by atoms with van der Waals surface area (Å²) in [5, 5.41) is 7.95. The van der Waals surface area contributed by atoms with Crippen molar-refractivity contribution in [3.63, 3.8) is 0 Å². The summed E-state index contributed by atoms with van der Waals surface area (Å²) in [6.07, 6.45) is 7.62. The zero-order valence-corrected chi connectivity index (χ0v) is 15.4. The standard InChI is InChI=1S/C14H22N4S.HI/c1-10-13(19-11(2)17-10)8-9-16-14(15-3)18-12-6-4-5-7-12;/h4-5,12H,6-9H2,1-3H3,(H2,15,16,18);1H. The summed E-state index contributed by atoms with van der Waals surface area (Å²) in [6.45, 7) is 5.03. The van der Waals surface area contributed by atoms with Gasteiger partial charge >= 0.3 is 0 Å². The third kappa shape index (κ3) is 5.05. The Kier molecular flexibility index (Phi) is 7.50. The zero-order valence-electron chi connectivity index (χ0n) is 12.3. The van der Waals surface area contributed by atoms with Gasteiger partial charge in [-0.3, -0.25) is 4.99 Å². The first-order chi connectivity index (χ1) is 9.19. The molecule has 0 bridgehead atoms. The van der Waals surface area contributed by atoms with E-state index in [1.807, 2.05) is 7.05 Å². The molecule has 0 unspecified atom stereocenters. The molecule has 0 amide bonds. The summed E-state index contributed by atoms with van der Waals surface area (Å²) in [5.41, 5.74) is 1.16. The van der Waals surface area contributed by atoms with Crippen LogP contribution in [0.25, 0.3) is 0 Å². The highest BCUT2D eigenvalue weighted by Gasteiger charge is 2.11. The van der Waals surface area contributed by atoms with Crippen molar-refractivity contribution < 1.29 is 0 Å². The van der Waals surface area contributed by atoms with Crippen molar-refractivity contribution in [2.24, 2.45) is 4.99 Å². The Labute approximate surface area is 142 Å². The normalized spacial score (nSPS) is 15.2. The number of rotatable bonds is 4. The van der Waals surface area contributed by atoms with Gasteiger partial charge < -0.3 is 10.6 Å². The Balaban J connectivity index is 0.00000200. The molecule has 20 heavy (non-hydrogen) atoms. The van der Waals surface area contributed by atoms with Gasteiger partial charge in [-0.2, -0.15) is 0 Å². The Morgan fingerprint density at radius 2 is 2.10 bits per heavy atom. The molecule has 0 atom stereocenters. The van der Waals surface area contributed by atoms with E-state index in [4.69, 9.17) is 0 Å². The summed E-state index contributed by atoms with van der Waals surface area (Å²) >= 11 is 1.79. The summed E-state index contributed by atoms with van der Waals surface area (Å²) in [6, 6.07) is 0.499. The minimum atomic E-state index is 0. The maximum atomic E-state index is 4.45. The molecule has 1 aliphatic rings. The van der Waals surface area contributed by atoms with Gasteiger partial charge in [-0.05, 0) is 26.7 Å². The molecule has 0 saturated heterocycles. The molecule has 2 N–H and O–H groups in total. The molecule has 0 spiro atoms. The Morgan fingerprint density at radius 3 is 2.65 bits per heavy atom. The predicted molar refractivity (Wildman–Crippen MR) is 97.4 cm³/mol. The number of aromatic nitrogens is 1. The lowest BCUT2D eigenvalue weighted by Gasteiger charge is -2.16. The fourth-order valence-electron chi connectivity index (χ4n) is 2.22. The number of nitrogens with zero attached hydrogens (tertiary/aromatic N) is 2. The highest BCUT2D eigenvalue weighted by atomic mass is 127. The van der Waals surface area contributed by atoms with Crippen molar-refractivity contribution in [3.05, 3.63) is 27.7 Å². The van der Waals surface area contributed by atoms with Gasteiger partial charge in [0.05, 0.1) is 10.7 Å². The first kappa shape index (κ1) is 17.4. The third-order valence-corrected chi connectivity index (χ3v) is 4.35. The van der Waals surface area contributed by atoms with Crippen LogP contribution in [0.1, 0.15) is 28.4 Å². The van der Waals surface area contributed by atoms with Gasteiger partial charge in [0.2, 0.25) is 0 Å². The zero-order chi connectivity index (χ0) is 13.7. The van der Waals surface area contributed by atoms with Crippen LogP contribution in [0.4, 0.5) is 0 Å². The number of hydrogen-bond acceptors (Lipinski definition) is 3. The van der Waals surface area contributed by atoms with Gasteiger partial charge in [0.25, 0.3) is 0 Å². The summed E-state index contributed by atoms with van der Waals surface area (Å²) in [7, 11) is 1.82. The molecule has 0 fully saturated rings. The molecule has 1 aromatic rings. The SMILES string of the molecule is CN=C(NCCc1sc(C)nc1C)NC1CC=CC1.I. The van der Waals surface area contributed by atoms with Crippen molar-refractivity contribution in [1.82, 2.24) is 15.6 Å². The van der Waals surface area contributed by atoms with Crippen molar-refractivity contribution in [3.8, 4) is 0 Å².